The molecule has 1 aliphatic rings. The van der Waals surface area contributed by atoms with Gasteiger partial charge in [-0.25, -0.2) is 0 Å². The number of morpholine rings is 1. The van der Waals surface area contributed by atoms with E-state index in [0.717, 1.165) is 12.2 Å². The fourth-order valence-corrected chi connectivity index (χ4v) is 2.21. The van der Waals surface area contributed by atoms with E-state index >= 15 is 0 Å². The van der Waals surface area contributed by atoms with Gasteiger partial charge in [0.1, 0.15) is 6.07 Å². The topological polar surface area (TPSA) is 82.5 Å². The summed E-state index contributed by atoms with van der Waals surface area (Å²) in [5.41, 5.74) is 7.74. The summed E-state index contributed by atoms with van der Waals surface area (Å²) in [5.74, 6) is 0. The summed E-state index contributed by atoms with van der Waals surface area (Å²) in [7, 11) is 0. The van der Waals surface area contributed by atoms with Gasteiger partial charge in [-0.15, -0.1) is 0 Å². The molecule has 2 atom stereocenters. The van der Waals surface area contributed by atoms with Gasteiger partial charge >= 0.3 is 0 Å². The Balaban J connectivity index is 2.20. The number of aliphatic hydroxyl groups is 1. The number of ether oxygens (including phenoxy) is 1. The fourth-order valence-electron chi connectivity index (χ4n) is 2.21. The molecule has 1 aromatic rings. The highest BCUT2D eigenvalue weighted by Crippen LogP contribution is 2.24. The molecular formula is C13H17N3O2. The number of nitrogen functional groups attached to an aromatic ring is 1. The van der Waals surface area contributed by atoms with Crippen molar-refractivity contribution in [2.75, 3.05) is 30.3 Å². The molecule has 3 N–H and O–H groups in total. The molecule has 0 spiro atoms. The van der Waals surface area contributed by atoms with Gasteiger partial charge < -0.3 is 20.5 Å². The molecule has 1 aliphatic heterocycles. The van der Waals surface area contributed by atoms with E-state index in [1.165, 1.54) is 0 Å². The molecular weight excluding hydrogens is 230 g/mol. The highest BCUT2D eigenvalue weighted by molar-refractivity contribution is 5.63. The highest BCUT2D eigenvalue weighted by Gasteiger charge is 2.25. The predicted octanol–water partition coefficient (Wildman–Crippen LogP) is 0.726. The van der Waals surface area contributed by atoms with Gasteiger partial charge in [0, 0.05) is 18.8 Å². The third-order valence-electron chi connectivity index (χ3n) is 3.05. The summed E-state index contributed by atoms with van der Waals surface area (Å²) in [5, 5.41) is 18.0. The zero-order valence-corrected chi connectivity index (χ0v) is 10.3. The molecule has 1 heterocycles. The standard InChI is InChI=1S/C13H17N3O2/c1-9-6-16(7-12(8-17)18-9)11-3-2-10(5-14)13(15)4-11/h2-4,9,12,17H,6-8,15H2,1H3. The van der Waals surface area contributed by atoms with Gasteiger partial charge in [0.2, 0.25) is 0 Å². The molecule has 0 radical (unpaired) electrons. The molecule has 5 nitrogen and oxygen atoms in total. The Morgan fingerprint density at radius 2 is 2.33 bits per heavy atom. The summed E-state index contributed by atoms with van der Waals surface area (Å²) in [4.78, 5) is 2.12. The van der Waals surface area contributed by atoms with Gasteiger partial charge in [-0.05, 0) is 25.1 Å². The van der Waals surface area contributed by atoms with Crippen LogP contribution in [0.5, 0.6) is 0 Å². The summed E-state index contributed by atoms with van der Waals surface area (Å²) in [6, 6.07) is 7.44. The Kier molecular flexibility index (Phi) is 3.70. The molecule has 2 rings (SSSR count). The van der Waals surface area contributed by atoms with E-state index in [9.17, 15) is 5.11 Å². The van der Waals surface area contributed by atoms with Crippen molar-refractivity contribution in [3.63, 3.8) is 0 Å². The monoisotopic (exact) mass is 247 g/mol. The molecule has 0 aromatic heterocycles. The smallest absolute Gasteiger partial charge is 0.101 e. The molecule has 5 heteroatoms. The zero-order valence-electron chi connectivity index (χ0n) is 10.3. The number of hydrogen-bond acceptors (Lipinski definition) is 5. The normalized spacial score (nSPS) is 23.7. The van der Waals surface area contributed by atoms with Crippen LogP contribution in [0.4, 0.5) is 11.4 Å². The van der Waals surface area contributed by atoms with Crippen molar-refractivity contribution in [3.05, 3.63) is 23.8 Å². The van der Waals surface area contributed by atoms with Gasteiger partial charge in [-0.2, -0.15) is 5.26 Å². The molecule has 0 bridgehead atoms. The third kappa shape index (κ3) is 2.55. The number of nitrogens with zero attached hydrogens (tertiary/aromatic N) is 2. The van der Waals surface area contributed by atoms with Crippen LogP contribution >= 0.6 is 0 Å². The van der Waals surface area contributed by atoms with Crippen molar-refractivity contribution in [1.29, 1.82) is 5.26 Å². The highest BCUT2D eigenvalue weighted by atomic mass is 16.5. The average molecular weight is 247 g/mol. The van der Waals surface area contributed by atoms with Crippen LogP contribution in [0.25, 0.3) is 0 Å². The van der Waals surface area contributed by atoms with E-state index in [2.05, 4.69) is 4.90 Å². The first kappa shape index (κ1) is 12.7. The van der Waals surface area contributed by atoms with Crippen LogP contribution in [-0.2, 0) is 4.74 Å². The van der Waals surface area contributed by atoms with Crippen LogP contribution in [0.15, 0.2) is 18.2 Å². The van der Waals surface area contributed by atoms with Gasteiger partial charge in [0.15, 0.2) is 0 Å². The van der Waals surface area contributed by atoms with Crippen molar-refractivity contribution >= 4 is 11.4 Å². The van der Waals surface area contributed by atoms with E-state index in [1.54, 1.807) is 12.1 Å². The predicted molar refractivity (Wildman–Crippen MR) is 69.2 cm³/mol. The first-order chi connectivity index (χ1) is 8.63. The summed E-state index contributed by atoms with van der Waals surface area (Å²) in [6.45, 7) is 3.36. The first-order valence-corrected chi connectivity index (χ1v) is 5.95. The number of benzene rings is 1. The lowest BCUT2D eigenvalue weighted by Crippen LogP contribution is -2.48. The molecule has 0 aliphatic carbocycles. The summed E-state index contributed by atoms with van der Waals surface area (Å²) in [6.07, 6.45) is -0.113. The zero-order chi connectivity index (χ0) is 13.1. The van der Waals surface area contributed by atoms with E-state index in [4.69, 9.17) is 15.7 Å². The van der Waals surface area contributed by atoms with Crippen LogP contribution in [-0.4, -0.2) is 37.0 Å². The van der Waals surface area contributed by atoms with E-state index < -0.39 is 0 Å². The number of nitrogens with two attached hydrogens (primary N) is 1. The maximum atomic E-state index is 9.19. The van der Waals surface area contributed by atoms with Gasteiger partial charge in [0.25, 0.3) is 0 Å². The number of nitriles is 1. The van der Waals surface area contributed by atoms with E-state index in [-0.39, 0.29) is 18.8 Å². The quantitative estimate of drug-likeness (QED) is 0.753. The molecule has 1 saturated heterocycles. The second kappa shape index (κ2) is 5.25. The Morgan fingerprint density at radius 3 is 2.94 bits per heavy atom. The lowest BCUT2D eigenvalue weighted by Gasteiger charge is -2.37. The SMILES string of the molecule is CC1CN(c2ccc(C#N)c(N)c2)CC(CO)O1. The Labute approximate surface area is 106 Å². The molecule has 96 valence electrons. The number of aliphatic hydroxyl groups excluding tert-OH is 1. The number of hydrogen-bond donors (Lipinski definition) is 2. The van der Waals surface area contributed by atoms with Crippen molar-refractivity contribution in [2.24, 2.45) is 0 Å². The van der Waals surface area contributed by atoms with Gasteiger partial charge in [-0.1, -0.05) is 0 Å². The minimum absolute atomic E-state index is 0.00655. The van der Waals surface area contributed by atoms with Gasteiger partial charge in [-0.3, -0.25) is 0 Å². The molecule has 0 saturated carbocycles. The van der Waals surface area contributed by atoms with Crippen LogP contribution in [0, 0.1) is 11.3 Å². The van der Waals surface area contributed by atoms with Crippen molar-refractivity contribution in [2.45, 2.75) is 19.1 Å². The fraction of sp³-hybridized carbons (Fsp3) is 0.462. The number of rotatable bonds is 2. The number of anilines is 2. The second-order valence-electron chi connectivity index (χ2n) is 4.54. The lowest BCUT2D eigenvalue weighted by molar-refractivity contribution is -0.0421. The van der Waals surface area contributed by atoms with E-state index in [1.807, 2.05) is 19.1 Å². The Bertz CT molecular complexity index is 470. The lowest BCUT2D eigenvalue weighted by atomic mass is 10.1. The molecule has 18 heavy (non-hydrogen) atoms. The maximum absolute atomic E-state index is 9.19. The van der Waals surface area contributed by atoms with Crippen LogP contribution < -0.4 is 10.6 Å². The van der Waals surface area contributed by atoms with Crippen LogP contribution in [0.3, 0.4) is 0 Å². The molecule has 1 fully saturated rings. The van der Waals surface area contributed by atoms with Crippen molar-refractivity contribution < 1.29 is 9.84 Å². The summed E-state index contributed by atoms with van der Waals surface area (Å²) < 4.78 is 5.59. The van der Waals surface area contributed by atoms with Crippen molar-refractivity contribution in [1.82, 2.24) is 0 Å². The third-order valence-corrected chi connectivity index (χ3v) is 3.05. The average Bonchev–Trinajstić information content (AvgIpc) is 2.37. The maximum Gasteiger partial charge on any atom is 0.101 e. The minimum atomic E-state index is -0.175. The molecule has 2 unspecified atom stereocenters. The van der Waals surface area contributed by atoms with Crippen molar-refractivity contribution in [3.8, 4) is 6.07 Å². The molecule has 1 aromatic carbocycles. The van der Waals surface area contributed by atoms with Crippen LogP contribution in [0.2, 0.25) is 0 Å². The molecule has 0 amide bonds. The summed E-state index contributed by atoms with van der Waals surface area (Å²) >= 11 is 0. The van der Waals surface area contributed by atoms with Crippen LogP contribution in [0.1, 0.15) is 12.5 Å². The first-order valence-electron chi connectivity index (χ1n) is 5.95. The minimum Gasteiger partial charge on any atom is -0.398 e. The Morgan fingerprint density at radius 1 is 1.56 bits per heavy atom. The Hall–Kier alpha value is -1.77. The van der Waals surface area contributed by atoms with E-state index in [0.29, 0.717) is 17.8 Å². The second-order valence-corrected chi connectivity index (χ2v) is 4.54. The largest absolute Gasteiger partial charge is 0.398 e. The van der Waals surface area contributed by atoms with Gasteiger partial charge in [0.05, 0.1) is 30.1 Å².